The number of carbonyl (C=O) groups is 1. The topological polar surface area (TPSA) is 44.1 Å². The summed E-state index contributed by atoms with van der Waals surface area (Å²) < 4.78 is 21.0. The van der Waals surface area contributed by atoms with Crippen molar-refractivity contribution >= 4 is 21.7 Å². The average molecular weight is 327 g/mol. The first-order chi connectivity index (χ1) is 9.08. The number of hydrogen-bond donors (Lipinski definition) is 0. The molecule has 0 amide bonds. The summed E-state index contributed by atoms with van der Waals surface area (Å²) >= 11 is 3.16. The number of benzene rings is 1. The van der Waals surface area contributed by atoms with Crippen LogP contribution in [-0.2, 0) is 6.54 Å². The highest BCUT2D eigenvalue weighted by molar-refractivity contribution is 9.10. The third-order valence-corrected chi connectivity index (χ3v) is 3.21. The standard InChI is InChI=1S/C13H12BrFN2O2/c1-3-17-12(11(19-2)7-16-17)13(18)9-5-4-8(14)6-10(9)15/h4-7H,3H2,1-2H3. The lowest BCUT2D eigenvalue weighted by Gasteiger charge is -2.07. The predicted molar refractivity (Wildman–Crippen MR) is 72.0 cm³/mol. The third-order valence-electron chi connectivity index (χ3n) is 2.72. The molecule has 0 saturated heterocycles. The monoisotopic (exact) mass is 326 g/mol. The number of hydrogen-bond acceptors (Lipinski definition) is 3. The van der Waals surface area contributed by atoms with E-state index in [2.05, 4.69) is 21.0 Å². The highest BCUT2D eigenvalue weighted by atomic mass is 79.9. The van der Waals surface area contributed by atoms with E-state index in [1.807, 2.05) is 6.92 Å². The molecule has 2 rings (SSSR count). The molecule has 2 aromatic rings. The van der Waals surface area contributed by atoms with E-state index in [4.69, 9.17) is 4.74 Å². The first kappa shape index (κ1) is 13.7. The van der Waals surface area contributed by atoms with E-state index in [0.717, 1.165) is 0 Å². The molecule has 0 atom stereocenters. The summed E-state index contributed by atoms with van der Waals surface area (Å²) in [6.07, 6.45) is 1.45. The zero-order chi connectivity index (χ0) is 14.0. The SMILES string of the molecule is CCn1ncc(OC)c1C(=O)c1ccc(Br)cc1F. The normalized spacial score (nSPS) is 10.5. The maximum atomic E-state index is 13.8. The van der Waals surface area contributed by atoms with E-state index in [1.165, 1.54) is 30.1 Å². The highest BCUT2D eigenvalue weighted by Crippen LogP contribution is 2.24. The Kier molecular flexibility index (Phi) is 3.99. The Hall–Kier alpha value is -1.69. The molecule has 1 heterocycles. The molecule has 1 aromatic carbocycles. The molecule has 0 N–H and O–H groups in total. The van der Waals surface area contributed by atoms with Crippen LogP contribution < -0.4 is 4.74 Å². The van der Waals surface area contributed by atoms with Gasteiger partial charge in [-0.15, -0.1) is 0 Å². The number of rotatable bonds is 4. The Morgan fingerprint density at radius 1 is 1.53 bits per heavy atom. The Balaban J connectivity index is 2.52. The highest BCUT2D eigenvalue weighted by Gasteiger charge is 2.22. The molecule has 0 unspecified atom stereocenters. The molecule has 0 aliphatic carbocycles. The van der Waals surface area contributed by atoms with Crippen LogP contribution in [0.15, 0.2) is 28.9 Å². The smallest absolute Gasteiger partial charge is 0.217 e. The van der Waals surface area contributed by atoms with Crippen molar-refractivity contribution in [1.29, 1.82) is 0 Å². The van der Waals surface area contributed by atoms with Crippen molar-refractivity contribution in [3.8, 4) is 5.75 Å². The van der Waals surface area contributed by atoms with Gasteiger partial charge in [-0.05, 0) is 25.1 Å². The summed E-state index contributed by atoms with van der Waals surface area (Å²) in [6, 6.07) is 4.32. The van der Waals surface area contributed by atoms with E-state index >= 15 is 0 Å². The minimum absolute atomic E-state index is 0.00306. The molecule has 1 aromatic heterocycles. The van der Waals surface area contributed by atoms with Crippen LogP contribution in [0.5, 0.6) is 5.75 Å². The van der Waals surface area contributed by atoms with Crippen LogP contribution in [0.1, 0.15) is 23.0 Å². The lowest BCUT2D eigenvalue weighted by Crippen LogP contribution is -2.13. The van der Waals surface area contributed by atoms with Gasteiger partial charge < -0.3 is 4.74 Å². The summed E-state index contributed by atoms with van der Waals surface area (Å²) in [7, 11) is 1.45. The van der Waals surface area contributed by atoms with Gasteiger partial charge >= 0.3 is 0 Å². The van der Waals surface area contributed by atoms with Crippen molar-refractivity contribution in [3.63, 3.8) is 0 Å². The van der Waals surface area contributed by atoms with Crippen molar-refractivity contribution in [2.24, 2.45) is 0 Å². The summed E-state index contributed by atoms with van der Waals surface area (Å²) in [5.41, 5.74) is 0.253. The molecule has 0 aliphatic heterocycles. The van der Waals surface area contributed by atoms with Crippen LogP contribution in [-0.4, -0.2) is 22.7 Å². The van der Waals surface area contributed by atoms with Gasteiger partial charge in [0.15, 0.2) is 11.4 Å². The number of nitrogens with zero attached hydrogens (tertiary/aromatic N) is 2. The van der Waals surface area contributed by atoms with Gasteiger partial charge in [-0.25, -0.2) is 4.39 Å². The molecule has 4 nitrogen and oxygen atoms in total. The Labute approximate surface area is 118 Å². The summed E-state index contributed by atoms with van der Waals surface area (Å²) in [6.45, 7) is 2.35. The van der Waals surface area contributed by atoms with Crippen molar-refractivity contribution in [2.75, 3.05) is 7.11 Å². The summed E-state index contributed by atoms with van der Waals surface area (Å²) in [4.78, 5) is 12.4. The molecule has 0 fully saturated rings. The fourth-order valence-electron chi connectivity index (χ4n) is 1.79. The second kappa shape index (κ2) is 5.52. The van der Waals surface area contributed by atoms with Gasteiger partial charge in [0.05, 0.1) is 18.9 Å². The molecule has 19 heavy (non-hydrogen) atoms. The number of carbonyl (C=O) groups excluding carboxylic acids is 1. The molecule has 0 aliphatic rings. The van der Waals surface area contributed by atoms with E-state index < -0.39 is 11.6 Å². The third kappa shape index (κ3) is 2.53. The number of ketones is 1. The second-order valence-corrected chi connectivity index (χ2v) is 4.75. The average Bonchev–Trinajstić information content (AvgIpc) is 2.80. The Morgan fingerprint density at radius 2 is 2.26 bits per heavy atom. The zero-order valence-electron chi connectivity index (χ0n) is 10.5. The minimum atomic E-state index is -0.578. The molecule has 0 spiro atoms. The van der Waals surface area contributed by atoms with Crippen molar-refractivity contribution in [2.45, 2.75) is 13.5 Å². The lowest BCUT2D eigenvalue weighted by molar-refractivity contribution is 0.102. The van der Waals surface area contributed by atoms with Gasteiger partial charge in [-0.3, -0.25) is 9.48 Å². The molecule has 0 saturated carbocycles. The van der Waals surface area contributed by atoms with Gasteiger partial charge in [-0.2, -0.15) is 5.10 Å². The fourth-order valence-corrected chi connectivity index (χ4v) is 2.12. The van der Waals surface area contributed by atoms with Gasteiger partial charge in [0.1, 0.15) is 5.82 Å². The van der Waals surface area contributed by atoms with Crippen LogP contribution in [0.4, 0.5) is 4.39 Å². The molecule has 0 radical (unpaired) electrons. The Bertz CT molecular complexity index is 604. The fraction of sp³-hybridized carbons (Fsp3) is 0.231. The maximum absolute atomic E-state index is 13.8. The minimum Gasteiger partial charge on any atom is -0.493 e. The van der Waals surface area contributed by atoms with Crippen molar-refractivity contribution in [3.05, 3.63) is 45.9 Å². The summed E-state index contributed by atoms with van der Waals surface area (Å²) in [5.74, 6) is -0.680. The van der Waals surface area contributed by atoms with E-state index in [-0.39, 0.29) is 11.3 Å². The number of ether oxygens (including phenoxy) is 1. The molecule has 100 valence electrons. The first-order valence-corrected chi connectivity index (χ1v) is 6.47. The number of halogens is 2. The quantitative estimate of drug-likeness (QED) is 0.811. The van der Waals surface area contributed by atoms with E-state index in [1.54, 1.807) is 6.07 Å². The summed E-state index contributed by atoms with van der Waals surface area (Å²) in [5, 5.41) is 4.04. The van der Waals surface area contributed by atoms with Crippen LogP contribution in [0, 0.1) is 5.82 Å². The molecular formula is C13H12BrFN2O2. The van der Waals surface area contributed by atoms with Gasteiger partial charge in [0, 0.05) is 11.0 Å². The van der Waals surface area contributed by atoms with Gasteiger partial charge in [0.25, 0.3) is 0 Å². The number of aromatic nitrogens is 2. The largest absolute Gasteiger partial charge is 0.493 e. The zero-order valence-corrected chi connectivity index (χ0v) is 12.1. The van der Waals surface area contributed by atoms with E-state index in [9.17, 15) is 9.18 Å². The van der Waals surface area contributed by atoms with Gasteiger partial charge in [-0.1, -0.05) is 15.9 Å². The van der Waals surface area contributed by atoms with Crippen LogP contribution in [0.25, 0.3) is 0 Å². The van der Waals surface area contributed by atoms with Crippen molar-refractivity contribution in [1.82, 2.24) is 9.78 Å². The Morgan fingerprint density at radius 3 is 2.84 bits per heavy atom. The first-order valence-electron chi connectivity index (χ1n) is 5.68. The second-order valence-electron chi connectivity index (χ2n) is 3.83. The van der Waals surface area contributed by atoms with Gasteiger partial charge in [0.2, 0.25) is 5.78 Å². The van der Waals surface area contributed by atoms with Crippen molar-refractivity contribution < 1.29 is 13.9 Å². The predicted octanol–water partition coefficient (Wildman–Crippen LogP) is 3.04. The maximum Gasteiger partial charge on any atom is 0.217 e. The molecule has 6 heteroatoms. The molecule has 0 bridgehead atoms. The number of methoxy groups -OCH3 is 1. The lowest BCUT2D eigenvalue weighted by atomic mass is 10.1. The van der Waals surface area contributed by atoms with Crippen LogP contribution in [0.2, 0.25) is 0 Å². The molecular weight excluding hydrogens is 315 g/mol. The van der Waals surface area contributed by atoms with E-state index in [0.29, 0.717) is 16.8 Å². The van der Waals surface area contributed by atoms with Crippen LogP contribution >= 0.6 is 15.9 Å². The number of aryl methyl sites for hydroxylation is 1. The van der Waals surface area contributed by atoms with Crippen LogP contribution in [0.3, 0.4) is 0 Å².